The van der Waals surface area contributed by atoms with Gasteiger partial charge in [0.2, 0.25) is 0 Å². The van der Waals surface area contributed by atoms with Gasteiger partial charge in [-0.1, -0.05) is 52.5 Å². The maximum Gasteiger partial charge on any atom is 0.289 e. The van der Waals surface area contributed by atoms with Gasteiger partial charge < -0.3 is 14.1 Å². The predicted octanol–water partition coefficient (Wildman–Crippen LogP) is 6.57. The van der Waals surface area contributed by atoms with Crippen molar-refractivity contribution in [3.05, 3.63) is 85.5 Å². The molecular formula is C23H19Cl4FN2O3. The van der Waals surface area contributed by atoms with E-state index >= 15 is 0 Å². The van der Waals surface area contributed by atoms with Crippen molar-refractivity contribution in [1.82, 2.24) is 9.80 Å². The summed E-state index contributed by atoms with van der Waals surface area (Å²) in [5.74, 6) is 0.416. The first-order valence-corrected chi connectivity index (χ1v) is 11.6. The zero-order valence-electron chi connectivity index (χ0n) is 17.3. The average Bonchev–Trinajstić information content (AvgIpc) is 3.24. The molecule has 10 heteroatoms. The number of carbonyl (C=O) groups excluding carboxylic acids is 1. The molecule has 174 valence electrons. The number of nitrogens with zero attached hydrogens (tertiary/aromatic N) is 2. The standard InChI is InChI=1S/C23H19Cl4FN2O3/c24-14-10-18(26)22(19(27)11-14)32-13-15-4-5-21(33-15)23(31)30-8-6-29(7-9-30)12-16-17(25)2-1-3-20(16)28/h1-5,10-11H,6-9,12-13H2. The van der Waals surface area contributed by atoms with E-state index in [0.29, 0.717) is 54.1 Å². The number of hydrogen-bond acceptors (Lipinski definition) is 4. The van der Waals surface area contributed by atoms with Gasteiger partial charge in [-0.15, -0.1) is 0 Å². The lowest BCUT2D eigenvalue weighted by Gasteiger charge is -2.34. The van der Waals surface area contributed by atoms with Crippen LogP contribution in [0.25, 0.3) is 0 Å². The summed E-state index contributed by atoms with van der Waals surface area (Å²) in [6.07, 6.45) is 0. The number of carbonyl (C=O) groups is 1. The van der Waals surface area contributed by atoms with Gasteiger partial charge in [0.15, 0.2) is 11.5 Å². The van der Waals surface area contributed by atoms with Crippen molar-refractivity contribution in [2.75, 3.05) is 26.2 Å². The second-order valence-corrected chi connectivity index (χ2v) is 9.18. The first kappa shape index (κ1) is 24.2. The molecule has 0 spiro atoms. The molecule has 3 aromatic rings. The van der Waals surface area contributed by atoms with E-state index < -0.39 is 0 Å². The molecule has 2 aromatic carbocycles. The SMILES string of the molecule is O=C(c1ccc(COc2c(Cl)cc(Cl)cc2Cl)o1)N1CCN(Cc2c(F)cccc2Cl)CC1. The first-order chi connectivity index (χ1) is 15.8. The van der Waals surface area contributed by atoms with E-state index in [9.17, 15) is 9.18 Å². The van der Waals surface area contributed by atoms with E-state index in [1.165, 1.54) is 18.2 Å². The summed E-state index contributed by atoms with van der Waals surface area (Å²) >= 11 is 24.3. The Morgan fingerprint density at radius 2 is 1.67 bits per heavy atom. The van der Waals surface area contributed by atoms with Crippen LogP contribution < -0.4 is 4.74 Å². The van der Waals surface area contributed by atoms with Gasteiger partial charge in [0.25, 0.3) is 5.91 Å². The normalized spacial score (nSPS) is 14.5. The molecule has 4 rings (SSSR count). The van der Waals surface area contributed by atoms with Gasteiger partial charge in [0.05, 0.1) is 10.0 Å². The fraction of sp³-hybridized carbons (Fsp3) is 0.261. The van der Waals surface area contributed by atoms with E-state index in [-0.39, 0.29) is 39.9 Å². The van der Waals surface area contributed by atoms with Gasteiger partial charge in [-0.3, -0.25) is 9.69 Å². The van der Waals surface area contributed by atoms with Gasteiger partial charge in [-0.25, -0.2) is 4.39 Å². The predicted molar refractivity (Wildman–Crippen MR) is 127 cm³/mol. The molecule has 1 saturated heterocycles. The zero-order chi connectivity index (χ0) is 23.5. The summed E-state index contributed by atoms with van der Waals surface area (Å²) in [6.45, 7) is 2.62. The van der Waals surface area contributed by atoms with Gasteiger partial charge >= 0.3 is 0 Å². The van der Waals surface area contributed by atoms with Crippen molar-refractivity contribution in [1.29, 1.82) is 0 Å². The Hall–Kier alpha value is -1.96. The summed E-state index contributed by atoms with van der Waals surface area (Å²) < 4.78 is 25.4. The first-order valence-electron chi connectivity index (χ1n) is 10.1. The van der Waals surface area contributed by atoms with Gasteiger partial charge in [0, 0.05) is 48.3 Å². The van der Waals surface area contributed by atoms with E-state index in [4.69, 9.17) is 55.6 Å². The molecule has 0 aliphatic carbocycles. The second-order valence-electron chi connectivity index (χ2n) is 7.52. The van der Waals surface area contributed by atoms with E-state index in [1.807, 2.05) is 0 Å². The minimum atomic E-state index is -0.326. The summed E-state index contributed by atoms with van der Waals surface area (Å²) in [6, 6.07) is 11.0. The Labute approximate surface area is 210 Å². The maximum absolute atomic E-state index is 14.0. The molecule has 0 unspecified atom stereocenters. The largest absolute Gasteiger partial charge is 0.483 e. The van der Waals surface area contributed by atoms with Crippen LogP contribution in [0.1, 0.15) is 21.9 Å². The number of rotatable bonds is 6. The molecular weight excluding hydrogens is 513 g/mol. The lowest BCUT2D eigenvalue weighted by molar-refractivity contribution is 0.0593. The highest BCUT2D eigenvalue weighted by Crippen LogP contribution is 2.36. The molecule has 0 saturated carbocycles. The van der Waals surface area contributed by atoms with E-state index in [1.54, 1.807) is 29.2 Å². The lowest BCUT2D eigenvalue weighted by Crippen LogP contribution is -2.48. The second kappa shape index (κ2) is 10.5. The van der Waals surface area contributed by atoms with Crippen LogP contribution in [0.2, 0.25) is 20.1 Å². The fourth-order valence-electron chi connectivity index (χ4n) is 3.55. The highest BCUT2D eigenvalue weighted by atomic mass is 35.5. The van der Waals surface area contributed by atoms with E-state index in [2.05, 4.69) is 4.90 Å². The molecule has 0 radical (unpaired) electrons. The Balaban J connectivity index is 1.32. The monoisotopic (exact) mass is 530 g/mol. The fourth-order valence-corrected chi connectivity index (χ4v) is 4.70. The van der Waals surface area contributed by atoms with Crippen molar-refractivity contribution in [2.24, 2.45) is 0 Å². The van der Waals surface area contributed by atoms with Crippen LogP contribution in [0.15, 0.2) is 46.9 Å². The molecule has 1 aliphatic heterocycles. The molecule has 1 aliphatic rings. The van der Waals surface area contributed by atoms with Crippen LogP contribution in [-0.2, 0) is 13.2 Å². The minimum absolute atomic E-state index is 0.0472. The van der Waals surface area contributed by atoms with Crippen LogP contribution in [0.4, 0.5) is 4.39 Å². The van der Waals surface area contributed by atoms with Gasteiger partial charge in [-0.05, 0) is 36.4 Å². The van der Waals surface area contributed by atoms with Crippen LogP contribution in [0.3, 0.4) is 0 Å². The average molecular weight is 532 g/mol. The molecule has 2 heterocycles. The Kier molecular flexibility index (Phi) is 7.72. The molecule has 33 heavy (non-hydrogen) atoms. The van der Waals surface area contributed by atoms with Gasteiger partial charge in [0.1, 0.15) is 18.2 Å². The van der Waals surface area contributed by atoms with Crippen molar-refractivity contribution in [3.63, 3.8) is 0 Å². The third-order valence-corrected chi connectivity index (χ3v) is 6.43. The molecule has 0 bridgehead atoms. The highest BCUT2D eigenvalue weighted by Gasteiger charge is 2.25. The number of hydrogen-bond donors (Lipinski definition) is 0. The number of amides is 1. The molecule has 5 nitrogen and oxygen atoms in total. The Morgan fingerprint density at radius 3 is 2.33 bits per heavy atom. The lowest BCUT2D eigenvalue weighted by atomic mass is 10.2. The zero-order valence-corrected chi connectivity index (χ0v) is 20.3. The van der Waals surface area contributed by atoms with Gasteiger partial charge in [-0.2, -0.15) is 0 Å². The summed E-state index contributed by atoms with van der Waals surface area (Å²) in [5, 5.41) is 1.37. The Morgan fingerprint density at radius 1 is 0.970 bits per heavy atom. The van der Waals surface area contributed by atoms with Crippen molar-refractivity contribution in [2.45, 2.75) is 13.2 Å². The number of piperazine rings is 1. The topological polar surface area (TPSA) is 45.9 Å². The highest BCUT2D eigenvalue weighted by molar-refractivity contribution is 6.40. The molecule has 0 atom stereocenters. The molecule has 1 fully saturated rings. The summed E-state index contributed by atoms with van der Waals surface area (Å²) in [5.41, 5.74) is 0.468. The number of furan rings is 1. The third kappa shape index (κ3) is 5.76. The Bertz CT molecular complexity index is 1120. The smallest absolute Gasteiger partial charge is 0.289 e. The molecule has 0 N–H and O–H groups in total. The van der Waals surface area contributed by atoms with Crippen molar-refractivity contribution < 1.29 is 18.3 Å². The van der Waals surface area contributed by atoms with Crippen LogP contribution in [0, 0.1) is 5.82 Å². The summed E-state index contributed by atoms with van der Waals surface area (Å²) in [4.78, 5) is 16.6. The van der Waals surface area contributed by atoms with Crippen LogP contribution >= 0.6 is 46.4 Å². The van der Waals surface area contributed by atoms with Crippen LogP contribution in [-0.4, -0.2) is 41.9 Å². The third-order valence-electron chi connectivity index (χ3n) is 5.30. The summed E-state index contributed by atoms with van der Waals surface area (Å²) in [7, 11) is 0. The quantitative estimate of drug-likeness (QED) is 0.361. The van der Waals surface area contributed by atoms with Crippen molar-refractivity contribution >= 4 is 52.3 Å². The number of halogens is 5. The molecule has 1 aromatic heterocycles. The number of benzene rings is 2. The minimum Gasteiger partial charge on any atom is -0.483 e. The van der Waals surface area contributed by atoms with E-state index in [0.717, 1.165) is 0 Å². The molecule has 1 amide bonds. The van der Waals surface area contributed by atoms with Crippen molar-refractivity contribution in [3.8, 4) is 5.75 Å². The maximum atomic E-state index is 14.0. The number of ether oxygens (including phenoxy) is 1. The van der Waals surface area contributed by atoms with Crippen LogP contribution in [0.5, 0.6) is 5.75 Å².